The van der Waals surface area contributed by atoms with Crippen molar-refractivity contribution in [3.05, 3.63) is 161 Å². The number of halogens is 6. The number of hydrogen-bond donors (Lipinski definition) is 1. The van der Waals surface area contributed by atoms with E-state index in [1.54, 1.807) is 36.5 Å². The normalized spacial score (nSPS) is 20.8. The summed E-state index contributed by atoms with van der Waals surface area (Å²) in [5.41, 5.74) is -0.169. The zero-order valence-corrected chi connectivity index (χ0v) is 36.3. The summed E-state index contributed by atoms with van der Waals surface area (Å²) in [6.07, 6.45) is -6.48. The van der Waals surface area contributed by atoms with Crippen molar-refractivity contribution in [2.75, 3.05) is 18.1 Å². The first-order chi connectivity index (χ1) is 30.4. The van der Waals surface area contributed by atoms with Crippen LogP contribution >= 0.6 is 0 Å². The lowest BCUT2D eigenvalue weighted by Gasteiger charge is -2.44. The number of amides is 2. The average molecular weight is 897 g/mol. The Kier molecular flexibility index (Phi) is 12.1. The molecule has 2 aliphatic heterocycles. The number of aromatic nitrogens is 1. The highest BCUT2D eigenvalue weighted by molar-refractivity contribution is 6.99. The van der Waals surface area contributed by atoms with E-state index in [9.17, 15) is 41.0 Å². The Bertz CT molecular complexity index is 2500. The molecule has 0 unspecified atom stereocenters. The Balaban J connectivity index is 1.21. The van der Waals surface area contributed by atoms with Crippen LogP contribution in [0, 0.1) is 17.8 Å². The molecule has 0 saturated carbocycles. The topological polar surface area (TPSA) is 89.0 Å². The van der Waals surface area contributed by atoms with Gasteiger partial charge < -0.3 is 14.3 Å². The van der Waals surface area contributed by atoms with Crippen LogP contribution in [0.2, 0.25) is 5.04 Å². The summed E-state index contributed by atoms with van der Waals surface area (Å²) < 4.78 is 98.3. The monoisotopic (exact) mass is 896 g/mol. The molecule has 8 rings (SSSR count). The van der Waals surface area contributed by atoms with Crippen LogP contribution in [0.4, 0.5) is 32.0 Å². The van der Waals surface area contributed by atoms with Crippen molar-refractivity contribution in [3.63, 3.8) is 0 Å². The minimum absolute atomic E-state index is 0.00622. The number of alkyl halides is 6. The molecule has 7 nitrogen and oxygen atoms in total. The van der Waals surface area contributed by atoms with Gasteiger partial charge >= 0.3 is 12.4 Å². The molecule has 4 atom stereocenters. The van der Waals surface area contributed by atoms with Gasteiger partial charge in [-0.15, -0.1) is 0 Å². The first-order valence-electron chi connectivity index (χ1n) is 21.0. The molecule has 64 heavy (non-hydrogen) atoms. The molecule has 2 saturated heterocycles. The number of anilines is 1. The van der Waals surface area contributed by atoms with Crippen LogP contribution in [0.25, 0.3) is 11.6 Å². The average Bonchev–Trinajstić information content (AvgIpc) is 3.80. The van der Waals surface area contributed by atoms with E-state index >= 15 is 0 Å². The molecule has 332 valence electrons. The second-order valence-corrected chi connectivity index (χ2v) is 21.9. The van der Waals surface area contributed by atoms with Gasteiger partial charge in [-0.3, -0.25) is 14.6 Å². The van der Waals surface area contributed by atoms with E-state index in [-0.39, 0.29) is 31.5 Å². The van der Waals surface area contributed by atoms with E-state index in [0.29, 0.717) is 41.1 Å². The molecular formula is C50H46F6N2O5Si. The molecule has 14 heteroatoms. The second-order valence-electron chi connectivity index (χ2n) is 17.6. The smallest absolute Gasteiger partial charge is 0.416 e. The number of hydrogen-bond acceptors (Lipinski definition) is 6. The van der Waals surface area contributed by atoms with Crippen molar-refractivity contribution >= 4 is 47.8 Å². The molecule has 3 aliphatic rings. The van der Waals surface area contributed by atoms with E-state index in [1.165, 1.54) is 0 Å². The van der Waals surface area contributed by atoms with Crippen molar-refractivity contribution in [2.24, 2.45) is 17.8 Å². The molecule has 0 bridgehead atoms. The molecule has 5 aromatic rings. The van der Waals surface area contributed by atoms with Crippen molar-refractivity contribution < 1.29 is 50.2 Å². The molecule has 0 spiro atoms. The van der Waals surface area contributed by atoms with Crippen molar-refractivity contribution in [1.82, 2.24) is 4.98 Å². The molecule has 2 fully saturated rings. The molecule has 1 aliphatic carbocycles. The minimum Gasteiger partial charge on any atom is -0.508 e. The van der Waals surface area contributed by atoms with Crippen LogP contribution in [-0.2, 0) is 31.1 Å². The summed E-state index contributed by atoms with van der Waals surface area (Å²) in [6.45, 7) is 6.40. The van der Waals surface area contributed by atoms with Crippen LogP contribution in [0.5, 0.6) is 5.75 Å². The number of fused-ring (bicyclic) bond motifs is 3. The first kappa shape index (κ1) is 44.8. The van der Waals surface area contributed by atoms with Gasteiger partial charge in [0.2, 0.25) is 11.8 Å². The maximum atomic E-state index is 14.5. The fourth-order valence-corrected chi connectivity index (χ4v) is 14.3. The molecule has 1 aromatic heterocycles. The van der Waals surface area contributed by atoms with Gasteiger partial charge in [0.05, 0.1) is 53.7 Å². The Labute approximate surface area is 368 Å². The molecular weight excluding hydrogens is 851 g/mol. The number of imide groups is 1. The fraction of sp³-hybridized carbons (Fsp3) is 0.300. The summed E-state index contributed by atoms with van der Waals surface area (Å²) in [4.78, 5) is 34.1. The number of pyridine rings is 1. The van der Waals surface area contributed by atoms with Gasteiger partial charge in [-0.25, -0.2) is 4.90 Å². The quantitative estimate of drug-likeness (QED) is 0.0615. The van der Waals surface area contributed by atoms with E-state index in [0.717, 1.165) is 27.1 Å². The van der Waals surface area contributed by atoms with E-state index in [4.69, 9.17) is 9.16 Å². The molecule has 1 N–H and O–H groups in total. The van der Waals surface area contributed by atoms with Gasteiger partial charge in [-0.05, 0) is 105 Å². The minimum atomic E-state index is -5.19. The molecule has 4 aromatic carbocycles. The summed E-state index contributed by atoms with van der Waals surface area (Å²) in [5.74, 6) is -4.54. The van der Waals surface area contributed by atoms with Crippen LogP contribution in [0.1, 0.15) is 62.4 Å². The highest BCUT2D eigenvalue weighted by Crippen LogP contribution is 2.52. The Morgan fingerprint density at radius 3 is 1.94 bits per heavy atom. The third kappa shape index (κ3) is 8.58. The first-order valence-corrected chi connectivity index (χ1v) is 22.9. The number of benzene rings is 4. The predicted octanol–water partition coefficient (Wildman–Crippen LogP) is 10.2. The fourth-order valence-electron chi connectivity index (χ4n) is 9.77. The number of nitrogens with zero attached hydrogens (tertiary/aromatic N) is 2. The zero-order valence-electron chi connectivity index (χ0n) is 35.3. The van der Waals surface area contributed by atoms with E-state index in [2.05, 4.69) is 25.8 Å². The summed E-state index contributed by atoms with van der Waals surface area (Å²) in [6, 6.07) is 33.0. The van der Waals surface area contributed by atoms with Crippen LogP contribution in [-0.4, -0.2) is 49.5 Å². The number of allylic oxidation sites excluding steroid dienone is 1. The largest absolute Gasteiger partial charge is 0.508 e. The zero-order chi connectivity index (χ0) is 45.6. The number of rotatable bonds is 11. The van der Waals surface area contributed by atoms with Gasteiger partial charge in [0.25, 0.3) is 8.32 Å². The highest BCUT2D eigenvalue weighted by Gasteiger charge is 2.58. The van der Waals surface area contributed by atoms with Crippen LogP contribution in [0.3, 0.4) is 0 Å². The van der Waals surface area contributed by atoms with Crippen molar-refractivity contribution in [1.29, 1.82) is 0 Å². The maximum absolute atomic E-state index is 14.5. The lowest BCUT2D eigenvalue weighted by molar-refractivity contribution is -0.143. The third-order valence-electron chi connectivity index (χ3n) is 12.6. The number of phenolic OH excluding ortho intramolecular Hbond substituents is 1. The number of ether oxygens (including phenoxy) is 1. The van der Waals surface area contributed by atoms with Gasteiger partial charge in [-0.2, -0.15) is 26.3 Å². The number of carbonyl (C=O) groups is 2. The van der Waals surface area contributed by atoms with Gasteiger partial charge in [0, 0.05) is 12.1 Å². The molecule has 3 heterocycles. The summed E-state index contributed by atoms with van der Waals surface area (Å²) in [5, 5.41) is 11.5. The predicted molar refractivity (Wildman–Crippen MR) is 234 cm³/mol. The van der Waals surface area contributed by atoms with Gasteiger partial charge in [0.1, 0.15) is 5.75 Å². The Morgan fingerprint density at radius 2 is 1.39 bits per heavy atom. The maximum Gasteiger partial charge on any atom is 0.416 e. The SMILES string of the molecule is CC(C)(C)[Si](OCC1=C2[C@@H](CC/C(=C/c3ccc(O)cc3)c3ccccn3)OC[C@@H]2[C@@H]2C(=O)N(c3cc(C(F)(F)F)cc(C(F)(F)F)c3)C(=O)[C@@H]2C1)(c1ccccc1)c1ccccc1. The van der Waals surface area contributed by atoms with Crippen LogP contribution in [0.15, 0.2) is 139 Å². The second kappa shape index (κ2) is 17.3. The van der Waals surface area contributed by atoms with Gasteiger partial charge in [0.15, 0.2) is 0 Å². The Hall–Kier alpha value is -5.83. The molecule has 2 amide bonds. The number of phenols is 1. The molecule has 0 radical (unpaired) electrons. The van der Waals surface area contributed by atoms with E-state index < -0.39 is 78.2 Å². The number of carbonyl (C=O) groups excluding carboxylic acids is 2. The number of aromatic hydroxyl groups is 1. The Morgan fingerprint density at radius 1 is 0.797 bits per heavy atom. The summed E-state index contributed by atoms with van der Waals surface area (Å²) in [7, 11) is -3.19. The summed E-state index contributed by atoms with van der Waals surface area (Å²) >= 11 is 0. The lowest BCUT2D eigenvalue weighted by atomic mass is 9.69. The van der Waals surface area contributed by atoms with Crippen molar-refractivity contribution in [3.8, 4) is 5.75 Å². The standard InChI is InChI=1S/C50H46F6N2O5Si/c1-48(2,3)64(38-12-6-4-7-13-38,39-14-8-5-9-15-39)63-29-33-25-40-45(47(61)58(46(40)60)36-27-34(49(51,52)53)26-35(28-36)50(54,55)56)41-30-62-43(44(33)41)22-19-32(42-16-10-11-23-57-42)24-31-17-20-37(59)21-18-31/h4-18,20-21,23-24,26-28,40-41,43,45,59H,19,22,25,29-30H2,1-3H3/b32-24-/t40-,41+,43-,45-/m1/s1. The van der Waals surface area contributed by atoms with Gasteiger partial charge in [-0.1, -0.05) is 99.6 Å². The van der Waals surface area contributed by atoms with Crippen LogP contribution < -0.4 is 15.3 Å². The third-order valence-corrected chi connectivity index (χ3v) is 17.6. The van der Waals surface area contributed by atoms with Crippen molar-refractivity contribution in [2.45, 2.75) is 63.5 Å². The van der Waals surface area contributed by atoms with E-state index in [1.807, 2.05) is 78.9 Å². The highest BCUT2D eigenvalue weighted by atomic mass is 28.4. The lowest BCUT2D eigenvalue weighted by Crippen LogP contribution is -2.66.